The first kappa shape index (κ1) is 17.8. The molecule has 1 aromatic rings. The minimum atomic E-state index is -3.76. The average Bonchev–Trinajstić information content (AvgIpc) is 2.53. The van der Waals surface area contributed by atoms with Crippen LogP contribution in [0.25, 0.3) is 0 Å². The summed E-state index contributed by atoms with van der Waals surface area (Å²) in [6.45, 7) is 2.65. The quantitative estimate of drug-likeness (QED) is 0.818. The molecule has 1 amide bonds. The number of nitrogens with zero attached hydrogens (tertiary/aromatic N) is 2. The van der Waals surface area contributed by atoms with Crippen LogP contribution in [-0.2, 0) is 14.8 Å². The standard InChI is InChI=1S/C14H19ClN2O5S/c1-10-8-11(15)9-12(13(10)21-2)23(19,20)17-6-4-16(5-7-17)14(18)22-3/h8-9H,4-7H2,1-3H3. The zero-order valence-corrected chi connectivity index (χ0v) is 14.8. The number of carbonyl (C=O) groups excluding carboxylic acids is 1. The maximum absolute atomic E-state index is 12.9. The van der Waals surface area contributed by atoms with Crippen LogP contribution in [0, 0.1) is 6.92 Å². The van der Waals surface area contributed by atoms with Crippen LogP contribution in [0.4, 0.5) is 4.79 Å². The minimum Gasteiger partial charge on any atom is -0.495 e. The molecule has 0 bridgehead atoms. The number of aryl methyl sites for hydroxylation is 1. The molecule has 0 aromatic heterocycles. The Balaban J connectivity index is 2.29. The van der Waals surface area contributed by atoms with E-state index in [4.69, 9.17) is 16.3 Å². The van der Waals surface area contributed by atoms with Gasteiger partial charge in [-0.3, -0.25) is 0 Å². The monoisotopic (exact) mass is 362 g/mol. The van der Waals surface area contributed by atoms with Crippen LogP contribution in [0.2, 0.25) is 5.02 Å². The summed E-state index contributed by atoms with van der Waals surface area (Å²) in [5.41, 5.74) is 0.645. The van der Waals surface area contributed by atoms with Gasteiger partial charge in [0.15, 0.2) is 0 Å². The molecular weight excluding hydrogens is 344 g/mol. The molecule has 1 aromatic carbocycles. The molecule has 0 spiro atoms. The molecule has 128 valence electrons. The molecule has 0 aliphatic carbocycles. The second-order valence-corrected chi connectivity index (χ2v) is 7.46. The highest BCUT2D eigenvalue weighted by Gasteiger charge is 2.33. The van der Waals surface area contributed by atoms with Crippen LogP contribution >= 0.6 is 11.6 Å². The average molecular weight is 363 g/mol. The fraction of sp³-hybridized carbons (Fsp3) is 0.500. The topological polar surface area (TPSA) is 76.2 Å². The molecule has 1 saturated heterocycles. The van der Waals surface area contributed by atoms with Gasteiger partial charge in [0.05, 0.1) is 14.2 Å². The molecule has 0 radical (unpaired) electrons. The van der Waals surface area contributed by atoms with E-state index in [0.717, 1.165) is 0 Å². The second-order valence-electron chi connectivity index (χ2n) is 5.12. The van der Waals surface area contributed by atoms with Crippen LogP contribution in [0.1, 0.15) is 5.56 Å². The highest BCUT2D eigenvalue weighted by Crippen LogP contribution is 2.33. The van der Waals surface area contributed by atoms with Crippen LogP contribution < -0.4 is 4.74 Å². The third kappa shape index (κ3) is 3.54. The van der Waals surface area contributed by atoms with Gasteiger partial charge in [0.2, 0.25) is 10.0 Å². The second kappa shape index (κ2) is 6.94. The molecule has 1 aliphatic rings. The van der Waals surface area contributed by atoms with Crippen molar-refractivity contribution in [2.75, 3.05) is 40.4 Å². The van der Waals surface area contributed by atoms with Crippen molar-refractivity contribution in [2.45, 2.75) is 11.8 Å². The molecule has 23 heavy (non-hydrogen) atoms. The Morgan fingerprint density at radius 1 is 1.17 bits per heavy atom. The Bertz CT molecular complexity index is 699. The molecule has 0 saturated carbocycles. The molecule has 0 N–H and O–H groups in total. The first-order valence-corrected chi connectivity index (χ1v) is 8.80. The molecule has 1 aliphatic heterocycles. The molecule has 7 nitrogen and oxygen atoms in total. The zero-order chi connectivity index (χ0) is 17.2. The largest absolute Gasteiger partial charge is 0.495 e. The van der Waals surface area contributed by atoms with E-state index in [9.17, 15) is 13.2 Å². The highest BCUT2D eigenvalue weighted by atomic mass is 35.5. The highest BCUT2D eigenvalue weighted by molar-refractivity contribution is 7.89. The van der Waals surface area contributed by atoms with Gasteiger partial charge in [-0.05, 0) is 24.6 Å². The van der Waals surface area contributed by atoms with Crippen LogP contribution in [-0.4, -0.2) is 64.1 Å². The van der Waals surface area contributed by atoms with Gasteiger partial charge in [-0.25, -0.2) is 13.2 Å². The third-order valence-electron chi connectivity index (χ3n) is 3.70. The SMILES string of the molecule is COC(=O)N1CCN(S(=O)(=O)c2cc(Cl)cc(C)c2OC)CC1. The third-order valence-corrected chi connectivity index (χ3v) is 5.82. The Kier molecular flexibility index (Phi) is 5.38. The lowest BCUT2D eigenvalue weighted by molar-refractivity contribution is 0.108. The molecule has 2 rings (SSSR count). The summed E-state index contributed by atoms with van der Waals surface area (Å²) >= 11 is 6.00. The summed E-state index contributed by atoms with van der Waals surface area (Å²) in [7, 11) is -1.04. The van der Waals surface area contributed by atoms with Crippen LogP contribution in [0.3, 0.4) is 0 Å². The summed E-state index contributed by atoms with van der Waals surface area (Å²) in [5.74, 6) is 0.282. The van der Waals surface area contributed by atoms with E-state index in [1.165, 1.54) is 29.5 Å². The number of benzene rings is 1. The Morgan fingerprint density at radius 2 is 1.78 bits per heavy atom. The summed E-state index contributed by atoms with van der Waals surface area (Å²) in [4.78, 5) is 13.0. The zero-order valence-electron chi connectivity index (χ0n) is 13.2. The lowest BCUT2D eigenvalue weighted by Gasteiger charge is -2.33. The number of ether oxygens (including phenoxy) is 2. The number of carbonyl (C=O) groups is 1. The van der Waals surface area contributed by atoms with Crippen molar-refractivity contribution in [1.82, 2.24) is 9.21 Å². The van der Waals surface area contributed by atoms with Crippen molar-refractivity contribution in [1.29, 1.82) is 0 Å². The molecule has 9 heteroatoms. The summed E-state index contributed by atoms with van der Waals surface area (Å²) < 4.78 is 36.9. The van der Waals surface area contributed by atoms with Crippen molar-refractivity contribution < 1.29 is 22.7 Å². The first-order chi connectivity index (χ1) is 10.8. The minimum absolute atomic E-state index is 0.0384. The summed E-state index contributed by atoms with van der Waals surface area (Å²) in [6.07, 6.45) is -0.460. The van der Waals surface area contributed by atoms with Crippen molar-refractivity contribution in [3.8, 4) is 5.75 Å². The normalized spacial score (nSPS) is 16.3. The Labute approximate surface area is 140 Å². The number of sulfonamides is 1. The Hall–Kier alpha value is -1.51. The van der Waals surface area contributed by atoms with Gasteiger partial charge in [0.25, 0.3) is 0 Å². The van der Waals surface area contributed by atoms with Crippen molar-refractivity contribution in [3.05, 3.63) is 22.7 Å². The van der Waals surface area contributed by atoms with Crippen molar-refractivity contribution in [2.24, 2.45) is 0 Å². The number of hydrogen-bond donors (Lipinski definition) is 0. The molecular formula is C14H19ClN2O5S. The molecule has 1 fully saturated rings. The van der Waals surface area contributed by atoms with Crippen LogP contribution in [0.5, 0.6) is 5.75 Å². The van der Waals surface area contributed by atoms with Gasteiger partial charge in [0.1, 0.15) is 10.6 Å². The Morgan fingerprint density at radius 3 is 2.30 bits per heavy atom. The maximum atomic E-state index is 12.9. The van der Waals surface area contributed by atoms with E-state index in [1.54, 1.807) is 13.0 Å². The maximum Gasteiger partial charge on any atom is 0.409 e. The van der Waals surface area contributed by atoms with Gasteiger partial charge in [-0.2, -0.15) is 4.31 Å². The predicted molar refractivity (Wildman–Crippen MR) is 85.5 cm³/mol. The number of methoxy groups -OCH3 is 2. The van der Waals surface area contributed by atoms with E-state index in [-0.39, 0.29) is 36.8 Å². The fourth-order valence-corrected chi connectivity index (χ4v) is 4.55. The molecule has 0 atom stereocenters. The summed E-state index contributed by atoms with van der Waals surface area (Å²) in [5, 5.41) is 0.329. The van der Waals surface area contributed by atoms with Gasteiger partial charge in [-0.15, -0.1) is 0 Å². The van der Waals surface area contributed by atoms with Crippen molar-refractivity contribution >= 4 is 27.7 Å². The van der Waals surface area contributed by atoms with Gasteiger partial charge in [0, 0.05) is 31.2 Å². The van der Waals surface area contributed by atoms with E-state index in [2.05, 4.69) is 4.74 Å². The number of amides is 1. The molecule has 1 heterocycles. The number of rotatable bonds is 3. The van der Waals surface area contributed by atoms with E-state index < -0.39 is 16.1 Å². The first-order valence-electron chi connectivity index (χ1n) is 6.98. The number of hydrogen-bond acceptors (Lipinski definition) is 5. The van der Waals surface area contributed by atoms with Crippen LogP contribution in [0.15, 0.2) is 17.0 Å². The van der Waals surface area contributed by atoms with E-state index in [1.807, 2.05) is 0 Å². The van der Waals surface area contributed by atoms with E-state index in [0.29, 0.717) is 10.6 Å². The van der Waals surface area contributed by atoms with Crippen molar-refractivity contribution in [3.63, 3.8) is 0 Å². The van der Waals surface area contributed by atoms with Gasteiger partial charge < -0.3 is 14.4 Å². The number of piperazine rings is 1. The lowest BCUT2D eigenvalue weighted by Crippen LogP contribution is -2.50. The van der Waals surface area contributed by atoms with Gasteiger partial charge >= 0.3 is 6.09 Å². The summed E-state index contributed by atoms with van der Waals surface area (Å²) in [6, 6.07) is 3.03. The fourth-order valence-electron chi connectivity index (χ4n) is 2.53. The van der Waals surface area contributed by atoms with E-state index >= 15 is 0 Å². The molecule has 0 unspecified atom stereocenters. The van der Waals surface area contributed by atoms with Gasteiger partial charge in [-0.1, -0.05) is 11.6 Å². The number of halogens is 1. The lowest BCUT2D eigenvalue weighted by atomic mass is 10.2. The predicted octanol–water partition coefficient (Wildman–Crippen LogP) is 1.73. The smallest absolute Gasteiger partial charge is 0.409 e.